The Kier molecular flexibility index (Phi) is 6.64. The van der Waals surface area contributed by atoms with Crippen LogP contribution in [0.1, 0.15) is 23.7 Å². The van der Waals surface area contributed by atoms with Crippen LogP contribution in [-0.2, 0) is 4.79 Å². The molecule has 4 aromatic rings. The summed E-state index contributed by atoms with van der Waals surface area (Å²) in [5.41, 5.74) is 1.30. The Bertz CT molecular complexity index is 1210. The van der Waals surface area contributed by atoms with Crippen molar-refractivity contribution in [2.75, 3.05) is 10.6 Å². The molecule has 4 rings (SSSR count). The van der Waals surface area contributed by atoms with Crippen molar-refractivity contribution >= 4 is 56.5 Å². The molecule has 0 fully saturated rings. The zero-order valence-corrected chi connectivity index (χ0v) is 18.5. The van der Waals surface area contributed by atoms with E-state index in [4.69, 9.17) is 0 Å². The molecule has 1 atom stereocenters. The second kappa shape index (κ2) is 9.76. The predicted molar refractivity (Wildman–Crippen MR) is 129 cm³/mol. The first-order valence-electron chi connectivity index (χ1n) is 9.89. The molecule has 0 aliphatic rings. The first-order chi connectivity index (χ1) is 15.1. The van der Waals surface area contributed by atoms with Gasteiger partial charge in [0.2, 0.25) is 5.91 Å². The lowest BCUT2D eigenvalue weighted by Gasteiger charge is -2.14. The third-order valence-corrected chi connectivity index (χ3v) is 6.75. The molecule has 7 heteroatoms. The SMILES string of the molecule is CCC(Sc1cccc(NC(=O)c2ccc3ccccc3c2)c1)C(=O)Nc1nccs1. The molecule has 3 aromatic carbocycles. The molecule has 0 aliphatic carbocycles. The molecule has 0 saturated heterocycles. The number of hydrogen-bond donors (Lipinski definition) is 2. The summed E-state index contributed by atoms with van der Waals surface area (Å²) in [6.45, 7) is 1.98. The molecule has 0 saturated carbocycles. The number of benzene rings is 3. The van der Waals surface area contributed by atoms with Crippen molar-refractivity contribution in [3.05, 3.63) is 83.9 Å². The van der Waals surface area contributed by atoms with E-state index in [1.165, 1.54) is 23.1 Å². The average molecular weight is 448 g/mol. The minimum Gasteiger partial charge on any atom is -0.322 e. The van der Waals surface area contributed by atoms with Crippen molar-refractivity contribution in [3.8, 4) is 0 Å². The normalized spacial score (nSPS) is 11.8. The van der Waals surface area contributed by atoms with Crippen molar-refractivity contribution in [1.29, 1.82) is 0 Å². The second-order valence-corrected chi connectivity index (χ2v) is 9.06. The summed E-state index contributed by atoms with van der Waals surface area (Å²) in [7, 11) is 0. The van der Waals surface area contributed by atoms with E-state index >= 15 is 0 Å². The fourth-order valence-electron chi connectivity index (χ4n) is 3.14. The largest absolute Gasteiger partial charge is 0.322 e. The summed E-state index contributed by atoms with van der Waals surface area (Å²) in [5, 5.41) is 10.1. The van der Waals surface area contributed by atoms with Gasteiger partial charge in [0.1, 0.15) is 0 Å². The molecule has 5 nitrogen and oxygen atoms in total. The van der Waals surface area contributed by atoms with Gasteiger partial charge in [0.15, 0.2) is 5.13 Å². The number of anilines is 2. The van der Waals surface area contributed by atoms with Crippen LogP contribution in [0.25, 0.3) is 10.8 Å². The van der Waals surface area contributed by atoms with Crippen LogP contribution in [0.5, 0.6) is 0 Å². The maximum Gasteiger partial charge on any atom is 0.255 e. The Balaban J connectivity index is 1.44. The molecular formula is C24H21N3O2S2. The number of fused-ring (bicyclic) bond motifs is 1. The number of hydrogen-bond acceptors (Lipinski definition) is 5. The summed E-state index contributed by atoms with van der Waals surface area (Å²) < 4.78 is 0. The second-order valence-electron chi connectivity index (χ2n) is 6.89. The van der Waals surface area contributed by atoms with Crippen LogP contribution in [0.2, 0.25) is 0 Å². The lowest BCUT2D eigenvalue weighted by atomic mass is 10.1. The number of aromatic nitrogens is 1. The number of thioether (sulfide) groups is 1. The van der Waals surface area contributed by atoms with E-state index in [1.807, 2.05) is 79.0 Å². The summed E-state index contributed by atoms with van der Waals surface area (Å²) in [6, 6.07) is 21.2. The molecule has 1 heterocycles. The number of thiazole rings is 1. The van der Waals surface area contributed by atoms with Crippen LogP contribution in [0.3, 0.4) is 0 Å². The first-order valence-corrected chi connectivity index (χ1v) is 11.7. The van der Waals surface area contributed by atoms with E-state index in [0.717, 1.165) is 15.7 Å². The van der Waals surface area contributed by atoms with Gasteiger partial charge < -0.3 is 10.6 Å². The van der Waals surface area contributed by atoms with Gasteiger partial charge in [0.05, 0.1) is 5.25 Å². The molecule has 0 radical (unpaired) electrons. The third kappa shape index (κ3) is 5.31. The van der Waals surface area contributed by atoms with Crippen LogP contribution in [-0.4, -0.2) is 22.0 Å². The zero-order valence-electron chi connectivity index (χ0n) is 16.9. The van der Waals surface area contributed by atoms with Crippen molar-refractivity contribution in [2.24, 2.45) is 0 Å². The first kappa shape index (κ1) is 21.1. The van der Waals surface area contributed by atoms with Gasteiger partial charge in [0, 0.05) is 27.7 Å². The van der Waals surface area contributed by atoms with E-state index in [9.17, 15) is 9.59 Å². The highest BCUT2D eigenvalue weighted by Gasteiger charge is 2.19. The van der Waals surface area contributed by atoms with Gasteiger partial charge in [-0.25, -0.2) is 4.98 Å². The van der Waals surface area contributed by atoms with E-state index in [0.29, 0.717) is 22.8 Å². The van der Waals surface area contributed by atoms with Gasteiger partial charge in [-0.1, -0.05) is 43.3 Å². The Labute approximate surface area is 188 Å². The number of amides is 2. The van der Waals surface area contributed by atoms with Gasteiger partial charge in [0.25, 0.3) is 5.91 Å². The summed E-state index contributed by atoms with van der Waals surface area (Å²) >= 11 is 2.86. The summed E-state index contributed by atoms with van der Waals surface area (Å²) in [4.78, 5) is 30.3. The number of nitrogens with one attached hydrogen (secondary N) is 2. The highest BCUT2D eigenvalue weighted by atomic mass is 32.2. The predicted octanol–water partition coefficient (Wildman–Crippen LogP) is 6.06. The topological polar surface area (TPSA) is 71.1 Å². The Morgan fingerprint density at radius 3 is 2.61 bits per heavy atom. The van der Waals surface area contributed by atoms with Crippen molar-refractivity contribution in [2.45, 2.75) is 23.5 Å². The van der Waals surface area contributed by atoms with Crippen LogP contribution < -0.4 is 10.6 Å². The smallest absolute Gasteiger partial charge is 0.255 e. The van der Waals surface area contributed by atoms with Gasteiger partial charge in [-0.3, -0.25) is 9.59 Å². The van der Waals surface area contributed by atoms with E-state index in [2.05, 4.69) is 15.6 Å². The van der Waals surface area contributed by atoms with Crippen LogP contribution in [0, 0.1) is 0 Å². The fourth-order valence-corrected chi connectivity index (χ4v) is 4.68. The van der Waals surface area contributed by atoms with Crippen molar-refractivity contribution in [3.63, 3.8) is 0 Å². The summed E-state index contributed by atoms with van der Waals surface area (Å²) in [6.07, 6.45) is 2.34. The highest BCUT2D eigenvalue weighted by Crippen LogP contribution is 2.29. The molecule has 0 spiro atoms. The molecule has 2 N–H and O–H groups in total. The van der Waals surface area contributed by atoms with E-state index in [-0.39, 0.29) is 17.1 Å². The lowest BCUT2D eigenvalue weighted by molar-refractivity contribution is -0.115. The Hall–Kier alpha value is -3.16. The third-order valence-electron chi connectivity index (χ3n) is 4.71. The van der Waals surface area contributed by atoms with Crippen LogP contribution >= 0.6 is 23.1 Å². The minimum absolute atomic E-state index is 0.0759. The van der Waals surface area contributed by atoms with Crippen molar-refractivity contribution < 1.29 is 9.59 Å². The number of nitrogens with zero attached hydrogens (tertiary/aromatic N) is 1. The van der Waals surface area contributed by atoms with E-state index in [1.54, 1.807) is 6.20 Å². The zero-order chi connectivity index (χ0) is 21.6. The van der Waals surface area contributed by atoms with E-state index < -0.39 is 0 Å². The van der Waals surface area contributed by atoms with Gasteiger partial charge in [-0.15, -0.1) is 23.1 Å². The molecule has 1 unspecified atom stereocenters. The van der Waals surface area contributed by atoms with Crippen LogP contribution in [0.4, 0.5) is 10.8 Å². The molecule has 1 aromatic heterocycles. The Morgan fingerprint density at radius 2 is 1.84 bits per heavy atom. The fraction of sp³-hybridized carbons (Fsp3) is 0.125. The Morgan fingerprint density at radius 1 is 1.00 bits per heavy atom. The number of carbonyl (C=O) groups is 2. The lowest BCUT2D eigenvalue weighted by Crippen LogP contribution is -2.24. The minimum atomic E-state index is -0.254. The standard InChI is InChI=1S/C24H21N3O2S2/c1-2-21(23(29)27-24-25-12-13-30-24)31-20-9-5-8-19(15-20)26-22(28)18-11-10-16-6-3-4-7-17(16)14-18/h3-15,21H,2H2,1H3,(H,26,28)(H,25,27,29). The maximum absolute atomic E-state index is 12.7. The molecular weight excluding hydrogens is 426 g/mol. The number of carbonyl (C=O) groups excluding carboxylic acids is 2. The quantitative estimate of drug-likeness (QED) is 0.338. The monoisotopic (exact) mass is 447 g/mol. The van der Waals surface area contributed by atoms with Crippen molar-refractivity contribution in [1.82, 2.24) is 4.98 Å². The van der Waals surface area contributed by atoms with Gasteiger partial charge >= 0.3 is 0 Å². The van der Waals surface area contributed by atoms with Gasteiger partial charge in [-0.05, 0) is 47.5 Å². The number of rotatable bonds is 7. The average Bonchev–Trinajstić information content (AvgIpc) is 3.30. The maximum atomic E-state index is 12.7. The molecule has 0 aliphatic heterocycles. The van der Waals surface area contributed by atoms with Gasteiger partial charge in [-0.2, -0.15) is 0 Å². The highest BCUT2D eigenvalue weighted by molar-refractivity contribution is 8.00. The summed E-state index contributed by atoms with van der Waals surface area (Å²) in [5.74, 6) is -0.241. The molecule has 156 valence electrons. The van der Waals surface area contributed by atoms with Crippen LogP contribution in [0.15, 0.2) is 83.2 Å². The molecule has 0 bridgehead atoms. The molecule has 2 amide bonds. The molecule has 31 heavy (non-hydrogen) atoms.